The number of nitrogens with one attached hydrogen (secondary N) is 1. The molecule has 25 heavy (non-hydrogen) atoms. The highest BCUT2D eigenvalue weighted by atomic mass is 16.5. The summed E-state index contributed by atoms with van der Waals surface area (Å²) in [5.74, 6) is 1.84. The van der Waals surface area contributed by atoms with Gasteiger partial charge in [-0.05, 0) is 31.2 Å². The SMILES string of the molecule is COc1ccc(CCNC(=O)C(N)C2CCOCC2)c(OC)c1OC. The molecule has 0 aliphatic carbocycles. The summed E-state index contributed by atoms with van der Waals surface area (Å²) in [5, 5.41) is 2.91. The van der Waals surface area contributed by atoms with Crippen LogP contribution in [-0.2, 0) is 16.0 Å². The molecule has 0 bridgehead atoms. The van der Waals surface area contributed by atoms with E-state index in [0.717, 1.165) is 18.4 Å². The van der Waals surface area contributed by atoms with Crippen molar-refractivity contribution in [1.29, 1.82) is 0 Å². The number of hydrogen-bond donors (Lipinski definition) is 2. The molecule has 1 aliphatic heterocycles. The topological polar surface area (TPSA) is 92.0 Å². The summed E-state index contributed by atoms with van der Waals surface area (Å²) in [4.78, 5) is 12.3. The fourth-order valence-corrected chi connectivity index (χ4v) is 3.09. The number of methoxy groups -OCH3 is 3. The zero-order valence-corrected chi connectivity index (χ0v) is 15.2. The summed E-state index contributed by atoms with van der Waals surface area (Å²) >= 11 is 0. The molecule has 1 unspecified atom stereocenters. The van der Waals surface area contributed by atoms with Crippen LogP contribution in [0.5, 0.6) is 17.2 Å². The number of nitrogens with two attached hydrogens (primary N) is 1. The molecule has 0 saturated carbocycles. The van der Waals surface area contributed by atoms with Crippen LogP contribution in [0, 0.1) is 5.92 Å². The Morgan fingerprint density at radius 3 is 2.48 bits per heavy atom. The lowest BCUT2D eigenvalue weighted by atomic mass is 9.92. The average Bonchev–Trinajstić information content (AvgIpc) is 2.67. The van der Waals surface area contributed by atoms with Gasteiger partial charge in [0, 0.05) is 25.3 Å². The Bertz CT molecular complexity index is 573. The molecule has 1 aromatic carbocycles. The summed E-state index contributed by atoms with van der Waals surface area (Å²) in [6.45, 7) is 1.82. The van der Waals surface area contributed by atoms with E-state index < -0.39 is 6.04 Å². The number of benzene rings is 1. The maximum Gasteiger partial charge on any atom is 0.237 e. The van der Waals surface area contributed by atoms with Crippen molar-refractivity contribution in [3.63, 3.8) is 0 Å². The average molecular weight is 352 g/mol. The van der Waals surface area contributed by atoms with Crippen LogP contribution in [0.2, 0.25) is 0 Å². The van der Waals surface area contributed by atoms with E-state index in [0.29, 0.717) is 43.4 Å². The fraction of sp³-hybridized carbons (Fsp3) is 0.611. The molecule has 1 amide bonds. The van der Waals surface area contributed by atoms with Crippen molar-refractivity contribution >= 4 is 5.91 Å². The summed E-state index contributed by atoms with van der Waals surface area (Å²) < 4.78 is 21.4. The minimum atomic E-state index is -0.490. The molecular weight excluding hydrogens is 324 g/mol. The zero-order valence-electron chi connectivity index (χ0n) is 15.2. The predicted octanol–water partition coefficient (Wildman–Crippen LogP) is 1.13. The summed E-state index contributed by atoms with van der Waals surface area (Å²) in [6.07, 6.45) is 2.27. The van der Waals surface area contributed by atoms with Crippen LogP contribution in [-0.4, -0.2) is 53.0 Å². The van der Waals surface area contributed by atoms with Crippen LogP contribution in [0.25, 0.3) is 0 Å². The first-order valence-corrected chi connectivity index (χ1v) is 8.51. The van der Waals surface area contributed by atoms with E-state index in [1.807, 2.05) is 12.1 Å². The van der Waals surface area contributed by atoms with E-state index in [4.69, 9.17) is 24.7 Å². The summed E-state index contributed by atoms with van der Waals surface area (Å²) in [7, 11) is 4.73. The first-order valence-electron chi connectivity index (χ1n) is 8.51. The number of ether oxygens (including phenoxy) is 4. The smallest absolute Gasteiger partial charge is 0.237 e. The Labute approximate surface area is 148 Å². The minimum absolute atomic E-state index is 0.119. The molecule has 1 fully saturated rings. The van der Waals surface area contributed by atoms with Gasteiger partial charge in [-0.1, -0.05) is 6.07 Å². The molecule has 1 heterocycles. The van der Waals surface area contributed by atoms with E-state index in [1.54, 1.807) is 21.3 Å². The first-order chi connectivity index (χ1) is 12.1. The van der Waals surface area contributed by atoms with E-state index in [9.17, 15) is 4.79 Å². The largest absolute Gasteiger partial charge is 0.493 e. The van der Waals surface area contributed by atoms with Crippen LogP contribution in [0.15, 0.2) is 12.1 Å². The van der Waals surface area contributed by atoms with Gasteiger partial charge in [-0.2, -0.15) is 0 Å². The molecule has 7 heteroatoms. The number of carbonyl (C=O) groups is 1. The summed E-state index contributed by atoms with van der Waals surface area (Å²) in [6, 6.07) is 3.24. The first kappa shape index (κ1) is 19.3. The van der Waals surface area contributed by atoms with Crippen molar-refractivity contribution < 1.29 is 23.7 Å². The molecule has 0 aromatic heterocycles. The molecule has 3 N–H and O–H groups in total. The molecule has 140 valence electrons. The third-order valence-corrected chi connectivity index (χ3v) is 4.56. The lowest BCUT2D eigenvalue weighted by Gasteiger charge is -2.26. The lowest BCUT2D eigenvalue weighted by Crippen LogP contribution is -2.47. The predicted molar refractivity (Wildman–Crippen MR) is 94.3 cm³/mol. The highest BCUT2D eigenvalue weighted by Gasteiger charge is 2.26. The van der Waals surface area contributed by atoms with Crippen molar-refractivity contribution in [2.24, 2.45) is 11.7 Å². The normalized spacial score (nSPS) is 16.2. The second-order valence-corrected chi connectivity index (χ2v) is 6.01. The third-order valence-electron chi connectivity index (χ3n) is 4.56. The van der Waals surface area contributed by atoms with E-state index >= 15 is 0 Å². The van der Waals surface area contributed by atoms with Gasteiger partial charge in [-0.25, -0.2) is 0 Å². The van der Waals surface area contributed by atoms with Crippen LogP contribution in [0.4, 0.5) is 0 Å². The Morgan fingerprint density at radius 1 is 1.20 bits per heavy atom. The third kappa shape index (κ3) is 4.76. The zero-order chi connectivity index (χ0) is 18.2. The number of carbonyl (C=O) groups excluding carboxylic acids is 1. The maximum absolute atomic E-state index is 12.3. The molecule has 1 aromatic rings. The Morgan fingerprint density at radius 2 is 1.88 bits per heavy atom. The van der Waals surface area contributed by atoms with E-state index in [1.165, 1.54) is 0 Å². The standard InChI is InChI=1S/C18H28N2O5/c1-22-14-5-4-13(16(23-2)17(14)24-3)6-9-20-18(21)15(19)12-7-10-25-11-8-12/h4-5,12,15H,6-11,19H2,1-3H3,(H,20,21). The second kappa shape index (κ2) is 9.48. The Kier molecular flexibility index (Phi) is 7.33. The molecule has 7 nitrogen and oxygen atoms in total. The number of hydrogen-bond acceptors (Lipinski definition) is 6. The van der Waals surface area contributed by atoms with Gasteiger partial charge in [0.15, 0.2) is 11.5 Å². The molecule has 1 aliphatic rings. The fourth-order valence-electron chi connectivity index (χ4n) is 3.09. The quantitative estimate of drug-likeness (QED) is 0.729. The van der Waals surface area contributed by atoms with Gasteiger partial charge in [-0.3, -0.25) is 4.79 Å². The van der Waals surface area contributed by atoms with Gasteiger partial charge in [0.05, 0.1) is 27.4 Å². The van der Waals surface area contributed by atoms with Gasteiger partial charge >= 0.3 is 0 Å². The van der Waals surface area contributed by atoms with Crippen LogP contribution < -0.4 is 25.3 Å². The lowest BCUT2D eigenvalue weighted by molar-refractivity contribution is -0.124. The van der Waals surface area contributed by atoms with Crippen LogP contribution in [0.3, 0.4) is 0 Å². The molecule has 2 rings (SSSR count). The van der Waals surface area contributed by atoms with Gasteiger partial charge in [-0.15, -0.1) is 0 Å². The Hall–Kier alpha value is -1.99. The monoisotopic (exact) mass is 352 g/mol. The van der Waals surface area contributed by atoms with Crippen molar-refractivity contribution in [3.8, 4) is 17.2 Å². The van der Waals surface area contributed by atoms with E-state index in [2.05, 4.69) is 5.32 Å². The molecule has 0 spiro atoms. The van der Waals surface area contributed by atoms with Gasteiger partial charge in [0.1, 0.15) is 0 Å². The van der Waals surface area contributed by atoms with Gasteiger partial charge < -0.3 is 30.0 Å². The maximum atomic E-state index is 12.3. The highest BCUT2D eigenvalue weighted by molar-refractivity contribution is 5.81. The van der Waals surface area contributed by atoms with Crippen molar-refractivity contribution in [3.05, 3.63) is 17.7 Å². The summed E-state index contributed by atoms with van der Waals surface area (Å²) in [5.41, 5.74) is 7.01. The molecule has 0 radical (unpaired) electrons. The second-order valence-electron chi connectivity index (χ2n) is 6.01. The van der Waals surface area contributed by atoms with Crippen molar-refractivity contribution in [1.82, 2.24) is 5.32 Å². The number of amides is 1. The molecule has 1 saturated heterocycles. The van der Waals surface area contributed by atoms with Crippen LogP contribution >= 0.6 is 0 Å². The van der Waals surface area contributed by atoms with Gasteiger partial charge in [0.2, 0.25) is 11.7 Å². The molecular formula is C18H28N2O5. The van der Waals surface area contributed by atoms with Crippen LogP contribution in [0.1, 0.15) is 18.4 Å². The van der Waals surface area contributed by atoms with Crippen molar-refractivity contribution in [2.75, 3.05) is 41.1 Å². The van der Waals surface area contributed by atoms with Crippen molar-refractivity contribution in [2.45, 2.75) is 25.3 Å². The Balaban J connectivity index is 1.93. The highest BCUT2D eigenvalue weighted by Crippen LogP contribution is 2.39. The number of rotatable bonds is 8. The minimum Gasteiger partial charge on any atom is -0.493 e. The van der Waals surface area contributed by atoms with E-state index in [-0.39, 0.29) is 11.8 Å². The molecule has 1 atom stereocenters. The van der Waals surface area contributed by atoms with Gasteiger partial charge in [0.25, 0.3) is 0 Å².